The minimum Gasteiger partial charge on any atom is -0.453 e. The maximum atomic E-state index is 14.7. The molecular formula is C24H24F3N5O3. The lowest BCUT2D eigenvalue weighted by atomic mass is 9.95. The third kappa shape index (κ3) is 5.93. The van der Waals surface area contributed by atoms with Crippen LogP contribution in [0.5, 0.6) is 0 Å². The van der Waals surface area contributed by atoms with Crippen molar-refractivity contribution in [3.63, 3.8) is 0 Å². The number of nitrogens with one attached hydrogen (secondary N) is 2. The predicted molar refractivity (Wildman–Crippen MR) is 128 cm³/mol. The van der Waals surface area contributed by atoms with Gasteiger partial charge in [0, 0.05) is 41.1 Å². The molecule has 1 amide bonds. The van der Waals surface area contributed by atoms with Gasteiger partial charge in [0.2, 0.25) is 5.91 Å². The van der Waals surface area contributed by atoms with E-state index in [-0.39, 0.29) is 47.1 Å². The molecule has 1 heterocycles. The van der Waals surface area contributed by atoms with Gasteiger partial charge in [-0.25, -0.2) is 13.2 Å². The van der Waals surface area contributed by atoms with Crippen LogP contribution in [0.2, 0.25) is 0 Å². The molecule has 0 aliphatic carbocycles. The molecule has 184 valence electrons. The van der Waals surface area contributed by atoms with Crippen molar-refractivity contribution in [2.75, 3.05) is 23.7 Å². The summed E-state index contributed by atoms with van der Waals surface area (Å²) in [5, 5.41) is 8.35. The summed E-state index contributed by atoms with van der Waals surface area (Å²) in [5.41, 5.74) is 6.21. The number of anilines is 2. The van der Waals surface area contributed by atoms with Crippen LogP contribution in [0.1, 0.15) is 33.6 Å². The molecule has 2 aromatic carbocycles. The molecule has 3 aromatic rings. The molecule has 0 radical (unpaired) electrons. The Labute approximate surface area is 198 Å². The summed E-state index contributed by atoms with van der Waals surface area (Å²) in [6.45, 7) is 5.56. The zero-order valence-electron chi connectivity index (χ0n) is 19.4. The highest BCUT2D eigenvalue weighted by Gasteiger charge is 2.23. The van der Waals surface area contributed by atoms with Gasteiger partial charge in [-0.1, -0.05) is 25.9 Å². The molecule has 0 aliphatic rings. The van der Waals surface area contributed by atoms with E-state index in [9.17, 15) is 22.8 Å². The van der Waals surface area contributed by atoms with Gasteiger partial charge in [-0.2, -0.15) is 0 Å². The number of rotatable bonds is 8. The van der Waals surface area contributed by atoms with Gasteiger partial charge in [-0.15, -0.1) is 0 Å². The van der Waals surface area contributed by atoms with E-state index in [1.165, 1.54) is 12.1 Å². The molecular weight excluding hydrogens is 463 g/mol. The van der Waals surface area contributed by atoms with E-state index in [0.29, 0.717) is 18.9 Å². The van der Waals surface area contributed by atoms with Crippen molar-refractivity contribution < 1.29 is 22.4 Å². The maximum absolute atomic E-state index is 14.7. The Balaban J connectivity index is 1.94. The number of nitrogens with zero attached hydrogens (tertiary/aromatic N) is 3. The minimum atomic E-state index is -1.08. The van der Waals surface area contributed by atoms with E-state index >= 15 is 0 Å². The average Bonchev–Trinajstić information content (AvgIpc) is 2.78. The molecule has 35 heavy (non-hydrogen) atoms. The summed E-state index contributed by atoms with van der Waals surface area (Å²) >= 11 is 0. The standard InChI is InChI=1S/C24H24F3N5O3/c1-24(2,3)23(34)31-17-7-6-13(10-14(17)25)19-12-18(33)20-21(29-8-4-5-9-30-32-28)15(26)11-16(27)22(20)35-19/h6-7,10-12,29H,4-5,8-9H2,1-3H3,(H,31,34). The quantitative estimate of drug-likeness (QED) is 0.166. The second-order valence-electron chi connectivity index (χ2n) is 8.88. The van der Waals surface area contributed by atoms with Crippen molar-refractivity contribution in [2.24, 2.45) is 10.5 Å². The zero-order valence-corrected chi connectivity index (χ0v) is 19.4. The molecule has 0 spiro atoms. The molecule has 2 N–H and O–H groups in total. The van der Waals surface area contributed by atoms with Crippen LogP contribution in [-0.2, 0) is 4.79 Å². The van der Waals surface area contributed by atoms with Gasteiger partial charge in [0.25, 0.3) is 0 Å². The normalized spacial score (nSPS) is 11.3. The Kier molecular flexibility index (Phi) is 7.71. The highest BCUT2D eigenvalue weighted by molar-refractivity contribution is 5.95. The largest absolute Gasteiger partial charge is 0.453 e. The van der Waals surface area contributed by atoms with Crippen molar-refractivity contribution in [1.82, 2.24) is 0 Å². The molecule has 0 unspecified atom stereocenters. The Morgan fingerprint density at radius 3 is 2.49 bits per heavy atom. The number of carbonyl (C=O) groups excluding carboxylic acids is 1. The van der Waals surface area contributed by atoms with E-state index in [0.717, 1.165) is 12.1 Å². The highest BCUT2D eigenvalue weighted by Crippen LogP contribution is 2.31. The van der Waals surface area contributed by atoms with Crippen LogP contribution < -0.4 is 16.1 Å². The topological polar surface area (TPSA) is 120 Å². The van der Waals surface area contributed by atoms with Crippen LogP contribution in [0.4, 0.5) is 24.5 Å². The zero-order chi connectivity index (χ0) is 25.8. The summed E-state index contributed by atoms with van der Waals surface area (Å²) in [6.07, 6.45) is 1.05. The lowest BCUT2D eigenvalue weighted by molar-refractivity contribution is -0.123. The van der Waals surface area contributed by atoms with Crippen molar-refractivity contribution in [3.05, 3.63) is 68.4 Å². The van der Waals surface area contributed by atoms with E-state index in [1.807, 2.05) is 0 Å². The number of hydrogen-bond donors (Lipinski definition) is 2. The van der Waals surface area contributed by atoms with Crippen LogP contribution in [0, 0.1) is 22.9 Å². The molecule has 0 aliphatic heterocycles. The van der Waals surface area contributed by atoms with Gasteiger partial charge >= 0.3 is 0 Å². The van der Waals surface area contributed by atoms with E-state index in [1.54, 1.807) is 20.8 Å². The predicted octanol–water partition coefficient (Wildman–Crippen LogP) is 6.36. The number of azide groups is 1. The van der Waals surface area contributed by atoms with E-state index in [2.05, 4.69) is 20.7 Å². The lowest BCUT2D eigenvalue weighted by Crippen LogP contribution is -2.28. The molecule has 0 saturated carbocycles. The second kappa shape index (κ2) is 10.5. The first-order valence-electron chi connectivity index (χ1n) is 10.8. The van der Waals surface area contributed by atoms with Crippen molar-refractivity contribution in [3.8, 4) is 11.3 Å². The molecule has 1 aromatic heterocycles. The number of carbonyl (C=O) groups is 1. The summed E-state index contributed by atoms with van der Waals surface area (Å²) in [4.78, 5) is 27.6. The van der Waals surface area contributed by atoms with Crippen molar-refractivity contribution in [1.29, 1.82) is 0 Å². The average molecular weight is 487 g/mol. The van der Waals surface area contributed by atoms with Gasteiger partial charge in [-0.05, 0) is 36.6 Å². The Bertz CT molecular complexity index is 1380. The Hall–Kier alpha value is -3.98. The van der Waals surface area contributed by atoms with Crippen LogP contribution in [0.3, 0.4) is 0 Å². The van der Waals surface area contributed by atoms with Gasteiger partial charge < -0.3 is 15.1 Å². The number of fused-ring (bicyclic) bond motifs is 1. The van der Waals surface area contributed by atoms with Crippen molar-refractivity contribution >= 4 is 28.3 Å². The molecule has 0 fully saturated rings. The second-order valence-corrected chi connectivity index (χ2v) is 8.88. The van der Waals surface area contributed by atoms with Crippen LogP contribution in [0.25, 0.3) is 32.7 Å². The first kappa shape index (κ1) is 25.6. The fourth-order valence-corrected chi connectivity index (χ4v) is 3.23. The number of amides is 1. The number of unbranched alkanes of at least 4 members (excludes halogenated alkanes) is 1. The fraction of sp³-hybridized carbons (Fsp3) is 0.333. The van der Waals surface area contributed by atoms with Crippen molar-refractivity contribution in [2.45, 2.75) is 33.6 Å². The van der Waals surface area contributed by atoms with Crippen LogP contribution in [-0.4, -0.2) is 19.0 Å². The third-order valence-corrected chi connectivity index (χ3v) is 5.14. The summed E-state index contributed by atoms with van der Waals surface area (Å²) in [7, 11) is 0. The minimum absolute atomic E-state index is 0.0583. The Morgan fingerprint density at radius 2 is 1.83 bits per heavy atom. The molecule has 0 saturated heterocycles. The summed E-state index contributed by atoms with van der Waals surface area (Å²) < 4.78 is 49.2. The molecule has 8 nitrogen and oxygen atoms in total. The van der Waals surface area contributed by atoms with Crippen LogP contribution >= 0.6 is 0 Å². The van der Waals surface area contributed by atoms with Crippen LogP contribution in [0.15, 0.2) is 44.7 Å². The van der Waals surface area contributed by atoms with E-state index in [4.69, 9.17) is 9.95 Å². The van der Waals surface area contributed by atoms with E-state index < -0.39 is 33.9 Å². The number of hydrogen-bond acceptors (Lipinski definition) is 5. The molecule has 0 bridgehead atoms. The smallest absolute Gasteiger partial charge is 0.229 e. The number of benzene rings is 2. The SMILES string of the molecule is CC(C)(C)C(=O)Nc1ccc(-c2cc(=O)c3c(NCCCCN=[N+]=[N-])c(F)cc(F)c3o2)cc1F. The monoisotopic (exact) mass is 487 g/mol. The third-order valence-electron chi connectivity index (χ3n) is 5.14. The first-order chi connectivity index (χ1) is 16.5. The van der Waals surface area contributed by atoms with Gasteiger partial charge in [0.1, 0.15) is 17.4 Å². The van der Waals surface area contributed by atoms with Gasteiger partial charge in [-0.3, -0.25) is 9.59 Å². The summed E-state index contributed by atoms with van der Waals surface area (Å²) in [5.74, 6) is -3.33. The fourth-order valence-electron chi connectivity index (χ4n) is 3.23. The molecule has 11 heteroatoms. The van der Waals surface area contributed by atoms with Gasteiger partial charge in [0.05, 0.1) is 16.8 Å². The van der Waals surface area contributed by atoms with Gasteiger partial charge in [0.15, 0.2) is 16.8 Å². The lowest BCUT2D eigenvalue weighted by Gasteiger charge is -2.18. The molecule has 0 atom stereocenters. The number of halogens is 3. The maximum Gasteiger partial charge on any atom is 0.229 e. The highest BCUT2D eigenvalue weighted by atomic mass is 19.1. The first-order valence-corrected chi connectivity index (χ1v) is 10.8. The summed E-state index contributed by atoms with van der Waals surface area (Å²) in [6, 6.07) is 5.39. The molecule has 3 rings (SSSR count). The Morgan fingerprint density at radius 1 is 1.09 bits per heavy atom.